The summed E-state index contributed by atoms with van der Waals surface area (Å²) in [5.74, 6) is -11.5. The van der Waals surface area contributed by atoms with E-state index < -0.39 is 30.5 Å². The van der Waals surface area contributed by atoms with Gasteiger partial charge in [0.25, 0.3) is 0 Å². The van der Waals surface area contributed by atoms with Crippen molar-refractivity contribution in [2.24, 2.45) is 0 Å². The lowest BCUT2D eigenvalue weighted by atomic mass is 9.98. The summed E-state index contributed by atoms with van der Waals surface area (Å²) in [6.07, 6.45) is -10.3. The van der Waals surface area contributed by atoms with Gasteiger partial charge in [-0.2, -0.15) is 30.7 Å². The van der Waals surface area contributed by atoms with Crippen LogP contribution in [0.25, 0.3) is 0 Å². The van der Waals surface area contributed by atoms with Crippen LogP contribution in [0.4, 0.5) is 30.7 Å². The molecule has 1 N–H and O–H groups in total. The standard InChI is InChI=1S/C15H17F7O2/c1-3-9(2)24-11-6-4-5-10(7-11)12(23)8-13(16,17)14(18,19)15(20,21)22/h4-7,9,12,23H,3,8H2,1-2H3. The lowest BCUT2D eigenvalue weighted by Crippen LogP contribution is -2.52. The first-order chi connectivity index (χ1) is 10.8. The monoisotopic (exact) mass is 362 g/mol. The molecule has 0 fully saturated rings. The third-order valence-electron chi connectivity index (χ3n) is 3.42. The van der Waals surface area contributed by atoms with E-state index in [9.17, 15) is 35.8 Å². The summed E-state index contributed by atoms with van der Waals surface area (Å²) in [5, 5.41) is 9.66. The lowest BCUT2D eigenvalue weighted by molar-refractivity contribution is -0.358. The second-order valence-corrected chi connectivity index (χ2v) is 5.41. The highest BCUT2D eigenvalue weighted by molar-refractivity contribution is 5.30. The molecule has 1 aromatic carbocycles. The van der Waals surface area contributed by atoms with Crippen molar-refractivity contribution in [3.05, 3.63) is 29.8 Å². The van der Waals surface area contributed by atoms with E-state index in [4.69, 9.17) is 4.74 Å². The van der Waals surface area contributed by atoms with Crippen molar-refractivity contribution >= 4 is 0 Å². The molecule has 9 heteroatoms. The molecular weight excluding hydrogens is 345 g/mol. The molecule has 2 nitrogen and oxygen atoms in total. The Labute approximate surface area is 134 Å². The van der Waals surface area contributed by atoms with Crippen LogP contribution in [0.2, 0.25) is 0 Å². The molecule has 0 radical (unpaired) electrons. The molecule has 0 aromatic heterocycles. The van der Waals surface area contributed by atoms with Gasteiger partial charge in [-0.25, -0.2) is 0 Å². The van der Waals surface area contributed by atoms with Crippen LogP contribution in [0.15, 0.2) is 24.3 Å². The molecule has 2 unspecified atom stereocenters. The minimum Gasteiger partial charge on any atom is -0.491 e. The Morgan fingerprint density at radius 2 is 1.67 bits per heavy atom. The molecule has 2 atom stereocenters. The maximum absolute atomic E-state index is 13.3. The van der Waals surface area contributed by atoms with E-state index in [0.717, 1.165) is 12.1 Å². The number of benzene rings is 1. The molecule has 138 valence electrons. The molecule has 1 aromatic rings. The van der Waals surface area contributed by atoms with Gasteiger partial charge >= 0.3 is 18.0 Å². The quantitative estimate of drug-likeness (QED) is 0.682. The van der Waals surface area contributed by atoms with E-state index in [0.29, 0.717) is 6.42 Å². The van der Waals surface area contributed by atoms with Crippen molar-refractivity contribution in [3.63, 3.8) is 0 Å². The molecule has 0 aliphatic rings. The summed E-state index contributed by atoms with van der Waals surface area (Å²) >= 11 is 0. The van der Waals surface area contributed by atoms with Crippen LogP contribution < -0.4 is 4.74 Å². The molecule has 24 heavy (non-hydrogen) atoms. The second-order valence-electron chi connectivity index (χ2n) is 5.41. The maximum Gasteiger partial charge on any atom is 0.459 e. The van der Waals surface area contributed by atoms with Gasteiger partial charge in [0.15, 0.2) is 0 Å². The molecule has 0 bridgehead atoms. The molecule has 0 saturated carbocycles. The summed E-state index contributed by atoms with van der Waals surface area (Å²) in [6.45, 7) is 3.55. The van der Waals surface area contributed by atoms with E-state index in [-0.39, 0.29) is 17.4 Å². The molecule has 0 aliphatic carbocycles. The van der Waals surface area contributed by atoms with Gasteiger partial charge < -0.3 is 9.84 Å². The summed E-state index contributed by atoms with van der Waals surface area (Å²) in [6, 6.07) is 5.02. The minimum atomic E-state index is -6.42. The van der Waals surface area contributed by atoms with Crippen molar-refractivity contribution in [2.75, 3.05) is 0 Å². The van der Waals surface area contributed by atoms with Crippen LogP contribution in [-0.4, -0.2) is 29.2 Å². The highest BCUT2D eigenvalue weighted by Crippen LogP contribution is 2.49. The Bertz CT molecular complexity index is 543. The van der Waals surface area contributed by atoms with Gasteiger partial charge in [0.1, 0.15) is 5.75 Å². The van der Waals surface area contributed by atoms with Crippen molar-refractivity contribution < 1.29 is 40.6 Å². The number of halogens is 7. The summed E-state index contributed by atoms with van der Waals surface area (Å²) in [4.78, 5) is 0. The zero-order chi connectivity index (χ0) is 18.8. The van der Waals surface area contributed by atoms with Crippen LogP contribution >= 0.6 is 0 Å². The smallest absolute Gasteiger partial charge is 0.459 e. The van der Waals surface area contributed by atoms with E-state index in [1.165, 1.54) is 12.1 Å². The lowest BCUT2D eigenvalue weighted by Gasteiger charge is -2.29. The topological polar surface area (TPSA) is 29.5 Å². The first-order valence-corrected chi connectivity index (χ1v) is 7.09. The fourth-order valence-electron chi connectivity index (χ4n) is 1.81. The Balaban J connectivity index is 2.95. The first kappa shape index (κ1) is 20.5. The SMILES string of the molecule is CCC(C)Oc1cccc(C(O)CC(F)(F)C(F)(F)C(F)(F)F)c1. The van der Waals surface area contributed by atoms with Crippen molar-refractivity contribution in [1.82, 2.24) is 0 Å². The maximum atomic E-state index is 13.3. The van der Waals surface area contributed by atoms with Gasteiger partial charge in [-0.05, 0) is 31.0 Å². The van der Waals surface area contributed by atoms with Gasteiger partial charge in [0.05, 0.1) is 12.2 Å². The Kier molecular flexibility index (Phi) is 6.13. The van der Waals surface area contributed by atoms with Gasteiger partial charge in [-0.1, -0.05) is 19.1 Å². The van der Waals surface area contributed by atoms with Gasteiger partial charge in [-0.15, -0.1) is 0 Å². The predicted octanol–water partition coefficient (Wildman–Crippen LogP) is 5.12. The van der Waals surface area contributed by atoms with Crippen molar-refractivity contribution in [1.29, 1.82) is 0 Å². The molecule has 0 spiro atoms. The van der Waals surface area contributed by atoms with E-state index >= 15 is 0 Å². The highest BCUT2D eigenvalue weighted by atomic mass is 19.4. The minimum absolute atomic E-state index is 0.187. The Morgan fingerprint density at radius 1 is 1.08 bits per heavy atom. The molecule has 0 saturated heterocycles. The summed E-state index contributed by atoms with van der Waals surface area (Å²) < 4.78 is 94.1. The number of hydrogen-bond donors (Lipinski definition) is 1. The number of ether oxygens (including phenoxy) is 1. The largest absolute Gasteiger partial charge is 0.491 e. The van der Waals surface area contributed by atoms with Gasteiger partial charge in [-0.3, -0.25) is 0 Å². The normalized spacial score (nSPS) is 15.9. The Morgan fingerprint density at radius 3 is 2.17 bits per heavy atom. The fraction of sp³-hybridized carbons (Fsp3) is 0.600. The van der Waals surface area contributed by atoms with E-state index in [1.54, 1.807) is 6.92 Å². The average molecular weight is 362 g/mol. The number of aliphatic hydroxyl groups excluding tert-OH is 1. The van der Waals surface area contributed by atoms with Crippen LogP contribution in [0, 0.1) is 0 Å². The number of aliphatic hydroxyl groups is 1. The zero-order valence-electron chi connectivity index (χ0n) is 12.9. The van der Waals surface area contributed by atoms with Gasteiger partial charge in [0.2, 0.25) is 0 Å². The second kappa shape index (κ2) is 7.16. The summed E-state index contributed by atoms with van der Waals surface area (Å²) in [7, 11) is 0. The molecule has 0 heterocycles. The fourth-order valence-corrected chi connectivity index (χ4v) is 1.81. The molecular formula is C15H17F7O2. The highest BCUT2D eigenvalue weighted by Gasteiger charge is 2.72. The molecule has 0 amide bonds. The third kappa shape index (κ3) is 4.52. The van der Waals surface area contributed by atoms with E-state index in [1.807, 2.05) is 6.92 Å². The van der Waals surface area contributed by atoms with Crippen molar-refractivity contribution in [2.45, 2.75) is 56.9 Å². The van der Waals surface area contributed by atoms with Crippen LogP contribution in [-0.2, 0) is 0 Å². The van der Waals surface area contributed by atoms with Crippen LogP contribution in [0.3, 0.4) is 0 Å². The molecule has 1 rings (SSSR count). The first-order valence-electron chi connectivity index (χ1n) is 7.09. The third-order valence-corrected chi connectivity index (χ3v) is 3.42. The Hall–Kier alpha value is -1.51. The summed E-state index contributed by atoms with van der Waals surface area (Å²) in [5.41, 5.74) is -0.242. The predicted molar refractivity (Wildman–Crippen MR) is 72.3 cm³/mol. The van der Waals surface area contributed by atoms with Crippen LogP contribution in [0.5, 0.6) is 5.75 Å². The van der Waals surface area contributed by atoms with E-state index in [2.05, 4.69) is 0 Å². The zero-order valence-corrected chi connectivity index (χ0v) is 12.9. The number of hydrogen-bond acceptors (Lipinski definition) is 2. The number of rotatable bonds is 7. The van der Waals surface area contributed by atoms with Crippen LogP contribution in [0.1, 0.15) is 38.4 Å². The molecule has 0 aliphatic heterocycles. The van der Waals surface area contributed by atoms with Gasteiger partial charge in [0, 0.05) is 6.42 Å². The number of alkyl halides is 7. The average Bonchev–Trinajstić information content (AvgIpc) is 2.45. The van der Waals surface area contributed by atoms with Crippen molar-refractivity contribution in [3.8, 4) is 5.75 Å².